The molecule has 1 heterocycles. The molecule has 94 valence electrons. The van der Waals surface area contributed by atoms with Gasteiger partial charge in [0.15, 0.2) is 0 Å². The van der Waals surface area contributed by atoms with E-state index in [4.69, 9.17) is 9.47 Å². The van der Waals surface area contributed by atoms with Gasteiger partial charge in [0, 0.05) is 18.7 Å². The van der Waals surface area contributed by atoms with Crippen molar-refractivity contribution in [2.75, 3.05) is 26.3 Å². The molecule has 17 heavy (non-hydrogen) atoms. The third-order valence-electron chi connectivity index (χ3n) is 2.33. The molecule has 0 fully saturated rings. The predicted molar refractivity (Wildman–Crippen MR) is 62.5 cm³/mol. The van der Waals surface area contributed by atoms with Gasteiger partial charge < -0.3 is 14.4 Å². The molecule has 0 N–H and O–H groups in total. The quantitative estimate of drug-likeness (QED) is 0.551. The molecule has 0 aliphatic carbocycles. The van der Waals surface area contributed by atoms with Crippen LogP contribution in [0.5, 0.6) is 0 Å². The number of nitrogens with zero attached hydrogens (tertiary/aromatic N) is 1. The van der Waals surface area contributed by atoms with Gasteiger partial charge in [-0.05, 0) is 13.3 Å². The highest BCUT2D eigenvalue weighted by molar-refractivity contribution is 5.89. The largest absolute Gasteiger partial charge is 0.463 e. The molecule has 0 bridgehead atoms. The number of carbonyl (C=O) groups is 2. The number of esters is 1. The minimum absolute atomic E-state index is 0.198. The Morgan fingerprint density at radius 3 is 2.82 bits per heavy atom. The van der Waals surface area contributed by atoms with Crippen molar-refractivity contribution >= 4 is 12.1 Å². The summed E-state index contributed by atoms with van der Waals surface area (Å²) in [7, 11) is 0. The van der Waals surface area contributed by atoms with Crippen molar-refractivity contribution in [3.63, 3.8) is 0 Å². The zero-order chi connectivity index (χ0) is 12.7. The standard InChI is InChI=1S/C12H17NO4/c1-3-9-17-12(15)13-7-5-10(6-8-13)11(14)16-4-2/h3,5H,1,4,6-9H2,2H3. The van der Waals surface area contributed by atoms with E-state index in [1.807, 2.05) is 0 Å². The highest BCUT2D eigenvalue weighted by Gasteiger charge is 2.21. The molecule has 0 spiro atoms. The minimum atomic E-state index is -0.385. The van der Waals surface area contributed by atoms with Crippen molar-refractivity contribution in [1.29, 1.82) is 0 Å². The first kappa shape index (κ1) is 13.3. The van der Waals surface area contributed by atoms with Crippen LogP contribution in [0.15, 0.2) is 24.3 Å². The molecule has 0 aromatic rings. The summed E-state index contributed by atoms with van der Waals surface area (Å²) >= 11 is 0. The van der Waals surface area contributed by atoms with Crippen LogP contribution in [0.1, 0.15) is 13.3 Å². The van der Waals surface area contributed by atoms with E-state index >= 15 is 0 Å². The van der Waals surface area contributed by atoms with Crippen molar-refractivity contribution in [3.8, 4) is 0 Å². The Balaban J connectivity index is 2.45. The molecule has 5 nitrogen and oxygen atoms in total. The fourth-order valence-corrected chi connectivity index (χ4v) is 1.47. The second kappa shape index (κ2) is 6.73. The lowest BCUT2D eigenvalue weighted by Gasteiger charge is -2.24. The lowest BCUT2D eigenvalue weighted by atomic mass is 10.1. The van der Waals surface area contributed by atoms with Crippen LogP contribution in [-0.4, -0.2) is 43.3 Å². The third kappa shape index (κ3) is 3.94. The summed E-state index contributed by atoms with van der Waals surface area (Å²) in [5, 5.41) is 0. The van der Waals surface area contributed by atoms with E-state index in [1.165, 1.54) is 11.0 Å². The average molecular weight is 239 g/mol. The molecule has 1 amide bonds. The third-order valence-corrected chi connectivity index (χ3v) is 2.33. The fourth-order valence-electron chi connectivity index (χ4n) is 1.47. The van der Waals surface area contributed by atoms with Crippen molar-refractivity contribution < 1.29 is 19.1 Å². The second-order valence-electron chi connectivity index (χ2n) is 3.51. The molecular formula is C12H17NO4. The van der Waals surface area contributed by atoms with Crippen molar-refractivity contribution in [2.24, 2.45) is 0 Å². The molecule has 0 aromatic heterocycles. The van der Waals surface area contributed by atoms with Gasteiger partial charge in [-0.15, -0.1) is 0 Å². The Morgan fingerprint density at radius 1 is 1.53 bits per heavy atom. The molecule has 1 aliphatic heterocycles. The van der Waals surface area contributed by atoms with Gasteiger partial charge in [0.1, 0.15) is 6.61 Å². The van der Waals surface area contributed by atoms with Crippen LogP contribution in [0.3, 0.4) is 0 Å². The Labute approximate surface area is 101 Å². The number of ether oxygens (including phenoxy) is 2. The molecule has 0 saturated carbocycles. The monoisotopic (exact) mass is 239 g/mol. The van der Waals surface area contributed by atoms with E-state index in [0.29, 0.717) is 31.7 Å². The predicted octanol–water partition coefficient (Wildman–Crippen LogP) is 1.50. The first-order valence-corrected chi connectivity index (χ1v) is 5.57. The molecule has 0 radical (unpaired) electrons. The normalized spacial score (nSPS) is 14.9. The van der Waals surface area contributed by atoms with E-state index < -0.39 is 0 Å². The summed E-state index contributed by atoms with van der Waals surface area (Å²) in [6.45, 7) is 6.64. The summed E-state index contributed by atoms with van der Waals surface area (Å²) in [5.41, 5.74) is 0.625. The SMILES string of the molecule is C=CCOC(=O)N1CC=C(C(=O)OCC)CC1. The molecule has 0 saturated heterocycles. The van der Waals surface area contributed by atoms with Crippen LogP contribution in [0.2, 0.25) is 0 Å². The maximum absolute atomic E-state index is 11.5. The van der Waals surface area contributed by atoms with Gasteiger partial charge in [-0.2, -0.15) is 0 Å². The average Bonchev–Trinajstić information content (AvgIpc) is 2.36. The zero-order valence-electron chi connectivity index (χ0n) is 9.98. The molecule has 1 rings (SSSR count). The lowest BCUT2D eigenvalue weighted by Crippen LogP contribution is -2.36. The van der Waals surface area contributed by atoms with Gasteiger partial charge >= 0.3 is 12.1 Å². The first-order valence-electron chi connectivity index (χ1n) is 5.57. The molecule has 5 heteroatoms. The van der Waals surface area contributed by atoms with Crippen LogP contribution in [-0.2, 0) is 14.3 Å². The molecular weight excluding hydrogens is 222 g/mol. The smallest absolute Gasteiger partial charge is 0.410 e. The number of hydrogen-bond donors (Lipinski definition) is 0. The molecule has 1 aliphatic rings. The van der Waals surface area contributed by atoms with Crippen LogP contribution in [0, 0.1) is 0 Å². The summed E-state index contributed by atoms with van der Waals surface area (Å²) in [4.78, 5) is 24.4. The van der Waals surface area contributed by atoms with Gasteiger partial charge in [0.2, 0.25) is 0 Å². The summed E-state index contributed by atoms with van der Waals surface area (Å²) in [6.07, 6.45) is 3.34. The summed E-state index contributed by atoms with van der Waals surface area (Å²) in [5.74, 6) is -0.299. The van der Waals surface area contributed by atoms with Gasteiger partial charge in [0.25, 0.3) is 0 Å². The zero-order valence-corrected chi connectivity index (χ0v) is 9.98. The highest BCUT2D eigenvalue weighted by Crippen LogP contribution is 2.13. The van der Waals surface area contributed by atoms with Gasteiger partial charge in [-0.25, -0.2) is 9.59 Å². The van der Waals surface area contributed by atoms with E-state index in [9.17, 15) is 9.59 Å². The van der Waals surface area contributed by atoms with Crippen LogP contribution >= 0.6 is 0 Å². The first-order chi connectivity index (χ1) is 8.19. The van der Waals surface area contributed by atoms with Crippen molar-refractivity contribution in [1.82, 2.24) is 4.90 Å². The van der Waals surface area contributed by atoms with E-state index in [0.717, 1.165) is 0 Å². The van der Waals surface area contributed by atoms with Crippen LogP contribution in [0.25, 0.3) is 0 Å². The van der Waals surface area contributed by atoms with Gasteiger partial charge in [-0.3, -0.25) is 0 Å². The molecule has 0 atom stereocenters. The Hall–Kier alpha value is -1.78. The second-order valence-corrected chi connectivity index (χ2v) is 3.51. The fraction of sp³-hybridized carbons (Fsp3) is 0.500. The van der Waals surface area contributed by atoms with Gasteiger partial charge in [0.05, 0.1) is 6.61 Å². The maximum atomic E-state index is 11.5. The number of hydrogen-bond acceptors (Lipinski definition) is 4. The summed E-state index contributed by atoms with van der Waals surface area (Å²) < 4.78 is 9.78. The van der Waals surface area contributed by atoms with Crippen molar-refractivity contribution in [2.45, 2.75) is 13.3 Å². The maximum Gasteiger partial charge on any atom is 0.410 e. The van der Waals surface area contributed by atoms with Crippen LogP contribution in [0.4, 0.5) is 4.79 Å². The number of rotatable bonds is 4. The van der Waals surface area contributed by atoms with E-state index in [-0.39, 0.29) is 18.7 Å². The molecule has 0 unspecified atom stereocenters. The lowest BCUT2D eigenvalue weighted by molar-refractivity contribution is -0.138. The minimum Gasteiger partial charge on any atom is -0.463 e. The Bertz CT molecular complexity index is 335. The number of amides is 1. The van der Waals surface area contributed by atoms with E-state index in [1.54, 1.807) is 13.0 Å². The van der Waals surface area contributed by atoms with Gasteiger partial charge in [-0.1, -0.05) is 18.7 Å². The highest BCUT2D eigenvalue weighted by atomic mass is 16.6. The van der Waals surface area contributed by atoms with Crippen molar-refractivity contribution in [3.05, 3.63) is 24.3 Å². The topological polar surface area (TPSA) is 55.8 Å². The van der Waals surface area contributed by atoms with E-state index in [2.05, 4.69) is 6.58 Å². The summed E-state index contributed by atoms with van der Waals surface area (Å²) in [6, 6.07) is 0. The molecule has 0 aromatic carbocycles. The Kier molecular flexibility index (Phi) is 5.26. The number of carbonyl (C=O) groups excluding carboxylic acids is 2. The van der Waals surface area contributed by atoms with Crippen LogP contribution < -0.4 is 0 Å². The Morgan fingerprint density at radius 2 is 2.29 bits per heavy atom.